The van der Waals surface area contributed by atoms with E-state index in [1.807, 2.05) is 36.4 Å². The van der Waals surface area contributed by atoms with E-state index in [1.165, 1.54) is 0 Å². The standard InChI is InChI=1S/C20H20ClN3O3/c1-26-17-5-3-2-4-14(17)12-13-22-18(25)10-11-19-23-20(24-27-19)15-6-8-16(21)9-7-15/h2-9H,10-13H2,1H3,(H,22,25). The Morgan fingerprint density at radius 1 is 1.15 bits per heavy atom. The summed E-state index contributed by atoms with van der Waals surface area (Å²) in [4.78, 5) is 16.3. The molecule has 0 fully saturated rings. The average Bonchev–Trinajstić information content (AvgIpc) is 3.16. The number of hydrogen-bond acceptors (Lipinski definition) is 5. The fourth-order valence-electron chi connectivity index (χ4n) is 2.63. The highest BCUT2D eigenvalue weighted by Crippen LogP contribution is 2.19. The van der Waals surface area contributed by atoms with Crippen LogP contribution in [0.3, 0.4) is 0 Å². The molecule has 0 bridgehead atoms. The van der Waals surface area contributed by atoms with E-state index >= 15 is 0 Å². The van der Waals surface area contributed by atoms with Crippen LogP contribution in [0.1, 0.15) is 17.9 Å². The number of amides is 1. The van der Waals surface area contributed by atoms with Crippen molar-refractivity contribution in [3.63, 3.8) is 0 Å². The van der Waals surface area contributed by atoms with Crippen LogP contribution in [0.15, 0.2) is 53.1 Å². The lowest BCUT2D eigenvalue weighted by Gasteiger charge is -2.08. The number of nitrogens with one attached hydrogen (secondary N) is 1. The first-order chi connectivity index (χ1) is 13.2. The molecule has 0 aliphatic carbocycles. The number of nitrogens with zero attached hydrogens (tertiary/aromatic N) is 2. The minimum Gasteiger partial charge on any atom is -0.496 e. The Morgan fingerprint density at radius 2 is 1.93 bits per heavy atom. The molecule has 0 aliphatic rings. The number of benzene rings is 2. The van der Waals surface area contributed by atoms with E-state index < -0.39 is 0 Å². The third kappa shape index (κ3) is 5.31. The van der Waals surface area contributed by atoms with Gasteiger partial charge in [0.2, 0.25) is 17.6 Å². The van der Waals surface area contributed by atoms with Crippen LogP contribution in [0.5, 0.6) is 5.75 Å². The van der Waals surface area contributed by atoms with Crippen LogP contribution in [0, 0.1) is 0 Å². The molecule has 140 valence electrons. The van der Waals surface area contributed by atoms with E-state index in [4.69, 9.17) is 20.9 Å². The van der Waals surface area contributed by atoms with E-state index in [9.17, 15) is 4.79 Å². The molecular weight excluding hydrogens is 366 g/mol. The van der Waals surface area contributed by atoms with Crippen LogP contribution < -0.4 is 10.1 Å². The predicted octanol–water partition coefficient (Wildman–Crippen LogP) is 3.69. The fourth-order valence-corrected chi connectivity index (χ4v) is 2.75. The topological polar surface area (TPSA) is 77.2 Å². The summed E-state index contributed by atoms with van der Waals surface area (Å²) in [6, 6.07) is 14.9. The second kappa shape index (κ2) is 9.19. The number of aromatic nitrogens is 2. The Kier molecular flexibility index (Phi) is 6.44. The van der Waals surface area contributed by atoms with Crippen LogP contribution in [-0.2, 0) is 17.6 Å². The normalized spacial score (nSPS) is 10.6. The first-order valence-corrected chi connectivity index (χ1v) is 9.00. The summed E-state index contributed by atoms with van der Waals surface area (Å²) < 4.78 is 10.5. The van der Waals surface area contributed by atoms with Gasteiger partial charge in [-0.1, -0.05) is 35.0 Å². The number of halogens is 1. The number of aryl methyl sites for hydroxylation is 1. The second-order valence-corrected chi connectivity index (χ2v) is 6.37. The maximum absolute atomic E-state index is 12.0. The molecule has 6 nitrogen and oxygen atoms in total. The average molecular weight is 386 g/mol. The summed E-state index contributed by atoms with van der Waals surface area (Å²) >= 11 is 5.87. The second-order valence-electron chi connectivity index (χ2n) is 5.93. The molecule has 1 heterocycles. The van der Waals surface area contributed by atoms with Gasteiger partial charge in [0.25, 0.3) is 0 Å². The third-order valence-corrected chi connectivity index (χ3v) is 4.30. The van der Waals surface area contributed by atoms with Crippen molar-refractivity contribution in [1.82, 2.24) is 15.5 Å². The van der Waals surface area contributed by atoms with Crippen molar-refractivity contribution in [3.8, 4) is 17.1 Å². The van der Waals surface area contributed by atoms with Crippen molar-refractivity contribution in [1.29, 1.82) is 0 Å². The van der Waals surface area contributed by atoms with Crippen molar-refractivity contribution in [2.45, 2.75) is 19.3 Å². The molecule has 0 radical (unpaired) electrons. The van der Waals surface area contributed by atoms with E-state index in [-0.39, 0.29) is 12.3 Å². The van der Waals surface area contributed by atoms with Crippen LogP contribution in [0.4, 0.5) is 0 Å². The van der Waals surface area contributed by atoms with Gasteiger partial charge in [-0.2, -0.15) is 4.98 Å². The molecule has 7 heteroatoms. The molecule has 0 unspecified atom stereocenters. The summed E-state index contributed by atoms with van der Waals surface area (Å²) in [6.07, 6.45) is 1.38. The van der Waals surface area contributed by atoms with Crippen LogP contribution >= 0.6 is 11.6 Å². The highest BCUT2D eigenvalue weighted by molar-refractivity contribution is 6.30. The van der Waals surface area contributed by atoms with Crippen molar-refractivity contribution in [2.75, 3.05) is 13.7 Å². The molecule has 0 aliphatic heterocycles. The molecule has 1 aromatic heterocycles. The molecule has 0 saturated carbocycles. The summed E-state index contributed by atoms with van der Waals surface area (Å²) in [5.74, 6) is 1.68. The zero-order chi connectivity index (χ0) is 19.1. The quantitative estimate of drug-likeness (QED) is 0.639. The Morgan fingerprint density at radius 3 is 2.70 bits per heavy atom. The van der Waals surface area contributed by atoms with E-state index in [2.05, 4.69) is 15.5 Å². The molecule has 3 aromatic rings. The highest BCUT2D eigenvalue weighted by Gasteiger charge is 2.11. The number of para-hydroxylation sites is 1. The Labute approximate surface area is 162 Å². The molecule has 1 amide bonds. The van der Waals surface area contributed by atoms with Crippen molar-refractivity contribution in [3.05, 3.63) is 65.0 Å². The van der Waals surface area contributed by atoms with Gasteiger partial charge in [-0.25, -0.2) is 0 Å². The van der Waals surface area contributed by atoms with Gasteiger partial charge in [0.05, 0.1) is 7.11 Å². The first kappa shape index (κ1) is 18.9. The van der Waals surface area contributed by atoms with Crippen LogP contribution in [0.2, 0.25) is 5.02 Å². The van der Waals surface area contributed by atoms with Gasteiger partial charge >= 0.3 is 0 Å². The van der Waals surface area contributed by atoms with Crippen molar-refractivity contribution < 1.29 is 14.1 Å². The van der Waals surface area contributed by atoms with E-state index in [1.54, 1.807) is 19.2 Å². The Balaban J connectivity index is 1.45. The molecule has 2 aromatic carbocycles. The summed E-state index contributed by atoms with van der Waals surface area (Å²) in [5.41, 5.74) is 1.88. The number of rotatable bonds is 8. The zero-order valence-electron chi connectivity index (χ0n) is 14.9. The first-order valence-electron chi connectivity index (χ1n) is 8.63. The van der Waals surface area contributed by atoms with Gasteiger partial charge in [-0.15, -0.1) is 0 Å². The fraction of sp³-hybridized carbons (Fsp3) is 0.250. The lowest BCUT2D eigenvalue weighted by Crippen LogP contribution is -2.26. The molecule has 0 atom stereocenters. The van der Waals surface area contributed by atoms with Gasteiger partial charge < -0.3 is 14.6 Å². The highest BCUT2D eigenvalue weighted by atomic mass is 35.5. The summed E-state index contributed by atoms with van der Waals surface area (Å²) in [7, 11) is 1.64. The molecular formula is C20H20ClN3O3. The largest absolute Gasteiger partial charge is 0.496 e. The van der Waals surface area contributed by atoms with Gasteiger partial charge in [-0.3, -0.25) is 4.79 Å². The Bertz CT molecular complexity index is 893. The van der Waals surface area contributed by atoms with Gasteiger partial charge in [0.1, 0.15) is 5.75 Å². The third-order valence-electron chi connectivity index (χ3n) is 4.05. The van der Waals surface area contributed by atoms with Crippen LogP contribution in [0.25, 0.3) is 11.4 Å². The number of methoxy groups -OCH3 is 1. The number of ether oxygens (including phenoxy) is 1. The van der Waals surface area contributed by atoms with Gasteiger partial charge in [-0.05, 0) is 42.3 Å². The number of carbonyl (C=O) groups excluding carboxylic acids is 1. The van der Waals surface area contributed by atoms with Crippen LogP contribution in [-0.4, -0.2) is 29.7 Å². The SMILES string of the molecule is COc1ccccc1CCNC(=O)CCc1nc(-c2ccc(Cl)cc2)no1. The molecule has 0 saturated heterocycles. The number of carbonyl (C=O) groups is 1. The van der Waals surface area contributed by atoms with Gasteiger partial charge in [0.15, 0.2) is 0 Å². The lowest BCUT2D eigenvalue weighted by molar-refractivity contribution is -0.121. The summed E-state index contributed by atoms with van der Waals surface area (Å²) in [6.45, 7) is 0.541. The summed E-state index contributed by atoms with van der Waals surface area (Å²) in [5, 5.41) is 7.48. The minimum atomic E-state index is -0.0591. The van der Waals surface area contributed by atoms with Crippen molar-refractivity contribution in [2.24, 2.45) is 0 Å². The van der Waals surface area contributed by atoms with Gasteiger partial charge in [0, 0.05) is 30.0 Å². The molecule has 3 rings (SSSR count). The van der Waals surface area contributed by atoms with Crippen molar-refractivity contribution >= 4 is 17.5 Å². The van der Waals surface area contributed by atoms with E-state index in [0.717, 1.165) is 16.9 Å². The van der Waals surface area contributed by atoms with E-state index in [0.29, 0.717) is 36.1 Å². The lowest BCUT2D eigenvalue weighted by atomic mass is 10.1. The predicted molar refractivity (Wildman–Crippen MR) is 103 cm³/mol. The molecule has 1 N–H and O–H groups in total. The monoisotopic (exact) mass is 385 g/mol. The maximum atomic E-state index is 12.0. The smallest absolute Gasteiger partial charge is 0.227 e. The number of hydrogen-bond donors (Lipinski definition) is 1. The molecule has 0 spiro atoms. The minimum absolute atomic E-state index is 0.0591. The Hall–Kier alpha value is -2.86. The molecule has 27 heavy (non-hydrogen) atoms. The maximum Gasteiger partial charge on any atom is 0.227 e. The zero-order valence-corrected chi connectivity index (χ0v) is 15.7.